The second-order valence-corrected chi connectivity index (χ2v) is 8.81. The fourth-order valence-electron chi connectivity index (χ4n) is 4.65. The van der Waals surface area contributed by atoms with Crippen molar-refractivity contribution in [2.45, 2.75) is 6.04 Å². The monoisotopic (exact) mass is 459 g/mol. The molecule has 1 fully saturated rings. The van der Waals surface area contributed by atoms with Gasteiger partial charge in [0.15, 0.2) is 0 Å². The number of nitrogens with one attached hydrogen (secondary N) is 2. The number of fused-ring (bicyclic) bond motifs is 2. The molecule has 1 aromatic carbocycles. The number of hydrogen-bond donors (Lipinski definition) is 3. The van der Waals surface area contributed by atoms with E-state index in [0.717, 1.165) is 68.9 Å². The van der Waals surface area contributed by atoms with Crippen molar-refractivity contribution in [3.63, 3.8) is 0 Å². The number of benzene rings is 1. The van der Waals surface area contributed by atoms with Gasteiger partial charge in [0, 0.05) is 53.4 Å². The molecule has 9 heteroatoms. The quantitative estimate of drug-likeness (QED) is 0.366. The summed E-state index contributed by atoms with van der Waals surface area (Å²) in [6.07, 6.45) is 8.96. The van der Waals surface area contributed by atoms with E-state index in [0.29, 0.717) is 5.69 Å². The lowest BCUT2D eigenvalue weighted by Crippen LogP contribution is -2.56. The van der Waals surface area contributed by atoms with Gasteiger partial charge in [-0.15, -0.1) is 0 Å². The van der Waals surface area contributed by atoms with Crippen LogP contribution in [0.25, 0.3) is 55.7 Å². The van der Waals surface area contributed by atoms with E-state index in [1.54, 1.807) is 24.8 Å². The predicted octanol–water partition coefficient (Wildman–Crippen LogP) is 3.77. The third kappa shape index (κ3) is 3.32. The zero-order chi connectivity index (χ0) is 23.4. The Labute approximate surface area is 200 Å². The highest BCUT2D eigenvalue weighted by Gasteiger charge is 2.25. The van der Waals surface area contributed by atoms with Gasteiger partial charge in [-0.25, -0.2) is 4.98 Å². The molecule has 5 aromatic heterocycles. The zero-order valence-electron chi connectivity index (χ0n) is 18.7. The molecule has 0 atom stereocenters. The average molecular weight is 460 g/mol. The number of rotatable bonds is 4. The van der Waals surface area contributed by atoms with Crippen LogP contribution in [0.15, 0.2) is 73.4 Å². The molecule has 7 rings (SSSR count). The lowest BCUT2D eigenvalue weighted by molar-refractivity contribution is 0.514. The van der Waals surface area contributed by atoms with Crippen molar-refractivity contribution >= 4 is 27.6 Å². The number of anilines is 1. The van der Waals surface area contributed by atoms with Gasteiger partial charge in [0.25, 0.3) is 0 Å². The molecule has 0 aliphatic carbocycles. The minimum absolute atomic E-state index is 0.193. The van der Waals surface area contributed by atoms with E-state index in [9.17, 15) is 0 Å². The molecule has 35 heavy (non-hydrogen) atoms. The van der Waals surface area contributed by atoms with Crippen LogP contribution in [-0.2, 0) is 0 Å². The van der Waals surface area contributed by atoms with Crippen molar-refractivity contribution in [3.05, 3.63) is 73.4 Å². The maximum Gasteiger partial charge on any atom is 0.147 e. The molecule has 0 radical (unpaired) electrons. The van der Waals surface area contributed by atoms with Crippen molar-refractivity contribution in [2.75, 3.05) is 18.0 Å². The average Bonchev–Trinajstić information content (AvgIpc) is 3.51. The van der Waals surface area contributed by atoms with Crippen LogP contribution in [-0.4, -0.2) is 54.2 Å². The van der Waals surface area contributed by atoms with E-state index in [1.165, 1.54) is 0 Å². The predicted molar refractivity (Wildman–Crippen MR) is 136 cm³/mol. The van der Waals surface area contributed by atoms with Crippen molar-refractivity contribution in [1.29, 1.82) is 0 Å². The van der Waals surface area contributed by atoms with Crippen LogP contribution in [0, 0.1) is 0 Å². The lowest BCUT2D eigenvalue weighted by atomic mass is 10.0. The number of nitrogens with zero attached hydrogens (tertiary/aromatic N) is 6. The Balaban J connectivity index is 1.31. The second-order valence-electron chi connectivity index (χ2n) is 8.81. The fourth-order valence-corrected chi connectivity index (χ4v) is 4.65. The molecular weight excluding hydrogens is 438 g/mol. The first-order valence-electron chi connectivity index (χ1n) is 11.4. The number of nitrogens with two attached hydrogens (primary N) is 1. The number of aromatic amines is 2. The molecule has 0 amide bonds. The number of pyridine rings is 2. The lowest BCUT2D eigenvalue weighted by Gasteiger charge is -2.37. The summed E-state index contributed by atoms with van der Waals surface area (Å²) in [4.78, 5) is 23.7. The normalized spacial score (nSPS) is 14.0. The summed E-state index contributed by atoms with van der Waals surface area (Å²) in [7, 11) is 0. The van der Waals surface area contributed by atoms with Crippen molar-refractivity contribution < 1.29 is 0 Å². The fraction of sp³-hybridized carbons (Fsp3) is 0.115. The molecule has 0 bridgehead atoms. The van der Waals surface area contributed by atoms with Gasteiger partial charge in [-0.05, 0) is 29.8 Å². The highest BCUT2D eigenvalue weighted by molar-refractivity contribution is 6.01. The standard InChI is InChI=1S/C26H21N9/c27-16-13-35(14-16)25-12-29-10-24(32-25)21-8-19-23(11-30-21)33-34-26(19)22-7-18-17(4-1-5-20(18)31-22)15-3-2-6-28-9-15/h1-12,16,31H,13-14,27H2,(H,33,34). The Bertz CT molecular complexity index is 1680. The first kappa shape index (κ1) is 19.8. The van der Waals surface area contributed by atoms with Crippen LogP contribution in [0.1, 0.15) is 0 Å². The minimum atomic E-state index is 0.193. The summed E-state index contributed by atoms with van der Waals surface area (Å²) in [6, 6.07) is 14.6. The van der Waals surface area contributed by atoms with Crippen molar-refractivity contribution in [3.8, 4) is 33.9 Å². The third-order valence-corrected chi connectivity index (χ3v) is 6.46. The molecule has 0 saturated carbocycles. The SMILES string of the molecule is NC1CN(c2cncc(-c3cc4c(-c5cc6c(-c7cccnc7)cccc6[nH]5)n[nH]c4cn3)n2)C1. The summed E-state index contributed by atoms with van der Waals surface area (Å²) >= 11 is 0. The molecule has 1 saturated heterocycles. The van der Waals surface area contributed by atoms with E-state index >= 15 is 0 Å². The number of hydrogen-bond acceptors (Lipinski definition) is 7. The van der Waals surface area contributed by atoms with Crippen LogP contribution in [0.2, 0.25) is 0 Å². The van der Waals surface area contributed by atoms with E-state index in [-0.39, 0.29) is 6.04 Å². The zero-order valence-corrected chi connectivity index (χ0v) is 18.7. The van der Waals surface area contributed by atoms with E-state index in [2.05, 4.69) is 59.3 Å². The number of aromatic nitrogens is 7. The van der Waals surface area contributed by atoms with Crippen LogP contribution in [0.3, 0.4) is 0 Å². The van der Waals surface area contributed by atoms with Crippen molar-refractivity contribution in [2.24, 2.45) is 5.73 Å². The molecule has 170 valence electrons. The largest absolute Gasteiger partial charge is 0.353 e. The Morgan fingerprint density at radius 3 is 2.69 bits per heavy atom. The van der Waals surface area contributed by atoms with Gasteiger partial charge in [-0.3, -0.25) is 20.1 Å². The van der Waals surface area contributed by atoms with Gasteiger partial charge < -0.3 is 15.6 Å². The molecular formula is C26H21N9. The van der Waals surface area contributed by atoms with Crippen LogP contribution < -0.4 is 10.6 Å². The van der Waals surface area contributed by atoms with Gasteiger partial charge >= 0.3 is 0 Å². The smallest absolute Gasteiger partial charge is 0.147 e. The Hall–Kier alpha value is -4.63. The Morgan fingerprint density at radius 2 is 1.83 bits per heavy atom. The van der Waals surface area contributed by atoms with Crippen molar-refractivity contribution in [1.82, 2.24) is 35.1 Å². The summed E-state index contributed by atoms with van der Waals surface area (Å²) in [6.45, 7) is 1.58. The van der Waals surface area contributed by atoms with Crippen LogP contribution in [0.5, 0.6) is 0 Å². The molecule has 0 spiro atoms. The summed E-state index contributed by atoms with van der Waals surface area (Å²) < 4.78 is 0. The maximum absolute atomic E-state index is 5.93. The van der Waals surface area contributed by atoms with Gasteiger partial charge in [0.1, 0.15) is 17.2 Å². The molecule has 6 heterocycles. The molecule has 1 aliphatic rings. The molecule has 4 N–H and O–H groups in total. The highest BCUT2D eigenvalue weighted by atomic mass is 15.3. The first-order valence-corrected chi connectivity index (χ1v) is 11.4. The van der Waals surface area contributed by atoms with E-state index in [4.69, 9.17) is 10.7 Å². The topological polar surface area (TPSA) is 125 Å². The highest BCUT2D eigenvalue weighted by Crippen LogP contribution is 2.34. The summed E-state index contributed by atoms with van der Waals surface area (Å²) in [5, 5.41) is 9.79. The molecule has 9 nitrogen and oxygen atoms in total. The molecule has 0 unspecified atom stereocenters. The number of H-pyrrole nitrogens is 2. The maximum atomic E-state index is 5.93. The van der Waals surface area contributed by atoms with E-state index < -0.39 is 0 Å². The van der Waals surface area contributed by atoms with Gasteiger partial charge in [0.05, 0.1) is 35.5 Å². The summed E-state index contributed by atoms with van der Waals surface area (Å²) in [5.74, 6) is 0.817. The molecule has 1 aliphatic heterocycles. The van der Waals surface area contributed by atoms with Crippen LogP contribution in [0.4, 0.5) is 5.82 Å². The van der Waals surface area contributed by atoms with Gasteiger partial charge in [-0.2, -0.15) is 5.10 Å². The third-order valence-electron chi connectivity index (χ3n) is 6.46. The first-order chi connectivity index (χ1) is 17.2. The summed E-state index contributed by atoms with van der Waals surface area (Å²) in [5.41, 5.74) is 13.2. The van der Waals surface area contributed by atoms with E-state index in [1.807, 2.05) is 24.4 Å². The molecule has 6 aromatic rings. The van der Waals surface area contributed by atoms with Gasteiger partial charge in [-0.1, -0.05) is 18.2 Å². The Morgan fingerprint density at radius 1 is 0.886 bits per heavy atom. The second kappa shape index (κ2) is 7.71. The van der Waals surface area contributed by atoms with Crippen LogP contribution >= 0.6 is 0 Å². The Kier molecular flexibility index (Phi) is 4.36. The van der Waals surface area contributed by atoms with Gasteiger partial charge in [0.2, 0.25) is 0 Å². The minimum Gasteiger partial charge on any atom is -0.353 e.